The Morgan fingerprint density at radius 2 is 2.06 bits per heavy atom. The summed E-state index contributed by atoms with van der Waals surface area (Å²) in [5.41, 5.74) is 5.85. The van der Waals surface area contributed by atoms with Crippen molar-refractivity contribution in [2.75, 3.05) is 23.9 Å². The number of hydrogen-bond acceptors (Lipinski definition) is 8. The molecule has 1 aliphatic carbocycles. The SMILES string of the molecule is CCn1ncc2c(NC3CCS(=O)(=O)CC3)c(C3=CC4(CC(C(=O)NC)C4)ON3)cnc21. The van der Waals surface area contributed by atoms with E-state index in [0.29, 0.717) is 32.2 Å². The van der Waals surface area contributed by atoms with Gasteiger partial charge in [0.05, 0.1) is 34.5 Å². The molecule has 2 aliphatic heterocycles. The van der Waals surface area contributed by atoms with Crippen LogP contribution in [0.15, 0.2) is 18.5 Å². The normalized spacial score (nSPS) is 22.4. The van der Waals surface area contributed by atoms with E-state index < -0.39 is 15.4 Å². The first-order valence-corrected chi connectivity index (χ1v) is 12.9. The van der Waals surface area contributed by atoms with Crippen LogP contribution in [-0.4, -0.2) is 59.3 Å². The summed E-state index contributed by atoms with van der Waals surface area (Å²) >= 11 is 0. The van der Waals surface area contributed by atoms with Gasteiger partial charge in [0.1, 0.15) is 15.4 Å². The quantitative estimate of drug-likeness (QED) is 0.608. The number of fused-ring (bicyclic) bond motifs is 1. The van der Waals surface area contributed by atoms with E-state index in [1.165, 1.54) is 0 Å². The van der Waals surface area contributed by atoms with Crippen LogP contribution in [0.25, 0.3) is 16.7 Å². The van der Waals surface area contributed by atoms with Crippen molar-refractivity contribution in [3.8, 4) is 0 Å². The van der Waals surface area contributed by atoms with Gasteiger partial charge in [-0.2, -0.15) is 5.10 Å². The van der Waals surface area contributed by atoms with Crippen molar-refractivity contribution in [1.29, 1.82) is 0 Å². The topological polar surface area (TPSA) is 127 Å². The number of hydroxylamine groups is 1. The smallest absolute Gasteiger partial charge is 0.223 e. The lowest BCUT2D eigenvalue weighted by Gasteiger charge is -2.40. The molecule has 0 radical (unpaired) electrons. The summed E-state index contributed by atoms with van der Waals surface area (Å²) in [7, 11) is -1.30. The van der Waals surface area contributed by atoms with Crippen LogP contribution in [0, 0.1) is 5.92 Å². The molecule has 0 atom stereocenters. The summed E-state index contributed by atoms with van der Waals surface area (Å²) in [5.74, 6) is 0.362. The molecule has 3 aliphatic rings. The molecule has 0 aromatic carbocycles. The molecule has 0 bridgehead atoms. The van der Waals surface area contributed by atoms with E-state index in [1.807, 2.05) is 17.7 Å². The van der Waals surface area contributed by atoms with Crippen molar-refractivity contribution < 1.29 is 18.0 Å². The highest BCUT2D eigenvalue weighted by Gasteiger charge is 2.50. The molecule has 32 heavy (non-hydrogen) atoms. The molecule has 2 aromatic heterocycles. The van der Waals surface area contributed by atoms with Gasteiger partial charge in [-0.25, -0.2) is 18.1 Å². The van der Waals surface area contributed by atoms with Crippen LogP contribution in [0.3, 0.4) is 0 Å². The summed E-state index contributed by atoms with van der Waals surface area (Å²) < 4.78 is 25.6. The van der Waals surface area contributed by atoms with Gasteiger partial charge in [0.25, 0.3) is 0 Å². The van der Waals surface area contributed by atoms with Gasteiger partial charge in [-0.3, -0.25) is 15.1 Å². The number of hydrogen-bond donors (Lipinski definition) is 3. The van der Waals surface area contributed by atoms with Crippen LogP contribution < -0.4 is 16.1 Å². The first-order valence-electron chi connectivity index (χ1n) is 11.0. The van der Waals surface area contributed by atoms with Crippen molar-refractivity contribution in [2.45, 2.75) is 50.8 Å². The number of aromatic nitrogens is 3. The third-order valence-corrected chi connectivity index (χ3v) is 8.45. The second-order valence-electron chi connectivity index (χ2n) is 8.86. The Labute approximate surface area is 186 Å². The molecule has 2 fully saturated rings. The number of amides is 1. The van der Waals surface area contributed by atoms with Gasteiger partial charge in [0, 0.05) is 37.3 Å². The monoisotopic (exact) mass is 460 g/mol. The highest BCUT2D eigenvalue weighted by atomic mass is 32.2. The standard InChI is InChI=1S/C21H28N6O4S/c1-3-27-19-16(12-24-27)18(25-14-4-6-32(29,30)7-5-14)15(11-23-19)17-10-21(31-26-17)8-13(9-21)20(28)22-2/h10-14,26H,3-9H2,1-2H3,(H,22,28)(H,23,25). The Morgan fingerprint density at radius 1 is 1.31 bits per heavy atom. The van der Waals surface area contributed by atoms with Crippen molar-refractivity contribution >= 4 is 38.2 Å². The van der Waals surface area contributed by atoms with Crippen LogP contribution in [0.1, 0.15) is 38.2 Å². The maximum atomic E-state index is 11.9. The van der Waals surface area contributed by atoms with Gasteiger partial charge in [0.15, 0.2) is 5.65 Å². The summed E-state index contributed by atoms with van der Waals surface area (Å²) in [6, 6.07) is 0.0473. The van der Waals surface area contributed by atoms with Crippen molar-refractivity contribution in [1.82, 2.24) is 25.6 Å². The lowest BCUT2D eigenvalue weighted by molar-refractivity contribution is -0.146. The van der Waals surface area contributed by atoms with E-state index in [1.54, 1.807) is 19.4 Å². The number of sulfone groups is 1. The number of rotatable bonds is 5. The molecule has 1 amide bonds. The fourth-order valence-corrected chi connectivity index (χ4v) is 6.32. The molecule has 0 unspecified atom stereocenters. The van der Waals surface area contributed by atoms with Crippen LogP contribution in [0.4, 0.5) is 5.69 Å². The van der Waals surface area contributed by atoms with Crippen molar-refractivity contribution in [2.24, 2.45) is 5.92 Å². The number of nitrogens with zero attached hydrogens (tertiary/aromatic N) is 3. The third-order valence-electron chi connectivity index (χ3n) is 6.73. The van der Waals surface area contributed by atoms with Crippen molar-refractivity contribution in [3.05, 3.63) is 24.0 Å². The molecule has 1 saturated heterocycles. The van der Waals surface area contributed by atoms with Gasteiger partial charge < -0.3 is 10.6 Å². The molecule has 10 nitrogen and oxygen atoms in total. The Hall–Kier alpha value is -2.66. The van der Waals surface area contributed by atoms with Crippen LogP contribution in [-0.2, 0) is 26.0 Å². The molecule has 3 N–H and O–H groups in total. The molecular weight excluding hydrogens is 432 g/mol. The molecule has 1 spiro atoms. The minimum absolute atomic E-state index is 0.0331. The molecule has 1 saturated carbocycles. The maximum absolute atomic E-state index is 11.9. The summed E-state index contributed by atoms with van der Waals surface area (Å²) in [5, 5.41) is 11.6. The summed E-state index contributed by atoms with van der Waals surface area (Å²) in [6.45, 7) is 2.71. The Balaban J connectivity index is 1.47. The predicted molar refractivity (Wildman–Crippen MR) is 120 cm³/mol. The number of carbonyl (C=O) groups is 1. The number of carbonyl (C=O) groups excluding carboxylic acids is 1. The predicted octanol–water partition coefficient (Wildman–Crippen LogP) is 1.21. The van der Waals surface area contributed by atoms with E-state index in [9.17, 15) is 13.2 Å². The summed E-state index contributed by atoms with van der Waals surface area (Å²) in [6.07, 6.45) is 8.01. The first kappa shape index (κ1) is 21.2. The van der Waals surface area contributed by atoms with E-state index >= 15 is 0 Å². The Kier molecular flexibility index (Phi) is 5.12. The summed E-state index contributed by atoms with van der Waals surface area (Å²) in [4.78, 5) is 22.5. The van der Waals surface area contributed by atoms with Gasteiger partial charge >= 0.3 is 0 Å². The Morgan fingerprint density at radius 3 is 2.75 bits per heavy atom. The zero-order valence-corrected chi connectivity index (χ0v) is 19.0. The highest BCUT2D eigenvalue weighted by Crippen LogP contribution is 2.47. The molecule has 11 heteroatoms. The molecule has 5 rings (SSSR count). The highest BCUT2D eigenvalue weighted by molar-refractivity contribution is 7.91. The minimum Gasteiger partial charge on any atom is -0.381 e. The second kappa shape index (κ2) is 7.73. The average Bonchev–Trinajstić information content (AvgIpc) is 3.38. The second-order valence-corrected chi connectivity index (χ2v) is 11.2. The molecular formula is C21H28N6O4S. The minimum atomic E-state index is -2.95. The van der Waals surface area contributed by atoms with Gasteiger partial charge in [-0.1, -0.05) is 0 Å². The number of nitrogens with one attached hydrogen (secondary N) is 3. The van der Waals surface area contributed by atoms with E-state index in [2.05, 4.69) is 26.2 Å². The molecule has 2 aromatic rings. The molecule has 4 heterocycles. The van der Waals surface area contributed by atoms with Crippen LogP contribution >= 0.6 is 0 Å². The van der Waals surface area contributed by atoms with Crippen LogP contribution in [0.5, 0.6) is 0 Å². The lowest BCUT2D eigenvalue weighted by atomic mass is 9.70. The third kappa shape index (κ3) is 3.62. The largest absolute Gasteiger partial charge is 0.381 e. The average molecular weight is 461 g/mol. The zero-order valence-electron chi connectivity index (χ0n) is 18.2. The maximum Gasteiger partial charge on any atom is 0.223 e. The van der Waals surface area contributed by atoms with E-state index in [4.69, 9.17) is 4.84 Å². The fourth-order valence-electron chi connectivity index (χ4n) is 4.83. The van der Waals surface area contributed by atoms with Gasteiger partial charge in [0.2, 0.25) is 5.91 Å². The molecule has 172 valence electrons. The zero-order chi connectivity index (χ0) is 22.5. The number of anilines is 1. The number of pyridine rings is 1. The Bertz CT molecular complexity index is 1180. The number of aryl methyl sites for hydroxylation is 1. The van der Waals surface area contributed by atoms with E-state index in [-0.39, 0.29) is 29.4 Å². The van der Waals surface area contributed by atoms with Crippen molar-refractivity contribution in [3.63, 3.8) is 0 Å². The van der Waals surface area contributed by atoms with Gasteiger partial charge in [-0.05, 0) is 38.7 Å². The lowest BCUT2D eigenvalue weighted by Crippen LogP contribution is -2.49. The van der Waals surface area contributed by atoms with Crippen LogP contribution in [0.2, 0.25) is 0 Å². The van der Waals surface area contributed by atoms with E-state index in [0.717, 1.165) is 28.0 Å². The fraction of sp³-hybridized carbons (Fsp3) is 0.571. The van der Waals surface area contributed by atoms with Gasteiger partial charge in [-0.15, -0.1) is 0 Å². The first-order chi connectivity index (χ1) is 15.3.